The fraction of sp³-hybridized carbons (Fsp3) is 0.750. The van der Waals surface area contributed by atoms with Gasteiger partial charge >= 0.3 is 0 Å². The van der Waals surface area contributed by atoms with Gasteiger partial charge in [-0.25, -0.2) is 0 Å². The third-order valence-electron chi connectivity index (χ3n) is 7.66. The standard InChI is InChI=1S/C24H39N2P/c25-20-16-18-21(19-17-20)26-27(22-10-4-1-5-11-22,23-12-6-2-7-13-23)24-14-8-3-9-15-24/h16-19,22-24H,1-15,25H2. The predicted octanol–water partition coefficient (Wildman–Crippen LogP) is 8.10. The van der Waals surface area contributed by atoms with Crippen molar-refractivity contribution in [3.63, 3.8) is 0 Å². The normalized spacial score (nSPS) is 24.0. The third kappa shape index (κ3) is 4.31. The Labute approximate surface area is 166 Å². The zero-order valence-electron chi connectivity index (χ0n) is 17.1. The quantitative estimate of drug-likeness (QED) is 0.412. The summed E-state index contributed by atoms with van der Waals surface area (Å²) < 4.78 is 5.86. The highest BCUT2D eigenvalue weighted by Gasteiger charge is 2.44. The average Bonchev–Trinajstić information content (AvgIpc) is 2.75. The SMILES string of the molecule is Nc1ccc(N=P(C2CCCCC2)(C2CCCCC2)C2CCCCC2)cc1. The van der Waals surface area contributed by atoms with E-state index in [1.54, 1.807) is 0 Å². The molecule has 0 aromatic heterocycles. The molecular formula is C24H39N2P. The lowest BCUT2D eigenvalue weighted by Gasteiger charge is -2.48. The molecule has 0 bridgehead atoms. The number of rotatable bonds is 4. The van der Waals surface area contributed by atoms with Gasteiger partial charge in [-0.05, 0) is 86.8 Å². The lowest BCUT2D eigenvalue weighted by atomic mass is 9.99. The van der Waals surface area contributed by atoms with E-state index in [1.807, 2.05) is 0 Å². The van der Waals surface area contributed by atoms with Gasteiger partial charge < -0.3 is 5.73 Å². The van der Waals surface area contributed by atoms with Crippen LogP contribution in [0.15, 0.2) is 29.0 Å². The molecule has 0 unspecified atom stereocenters. The minimum absolute atomic E-state index is 0.867. The first-order chi connectivity index (χ1) is 13.3. The Balaban J connectivity index is 1.81. The highest BCUT2D eigenvalue weighted by molar-refractivity contribution is 7.68. The van der Waals surface area contributed by atoms with Gasteiger partial charge in [0, 0.05) is 5.69 Å². The van der Waals surface area contributed by atoms with Crippen LogP contribution in [0.3, 0.4) is 0 Å². The van der Waals surface area contributed by atoms with Crippen LogP contribution in [0.25, 0.3) is 0 Å². The summed E-state index contributed by atoms with van der Waals surface area (Å²) in [6, 6.07) is 8.55. The van der Waals surface area contributed by atoms with Gasteiger partial charge in [-0.2, -0.15) is 0 Å². The zero-order chi connectivity index (χ0) is 18.5. The molecule has 0 amide bonds. The largest absolute Gasteiger partial charge is 0.399 e. The van der Waals surface area contributed by atoms with Crippen molar-refractivity contribution in [2.75, 3.05) is 5.73 Å². The van der Waals surface area contributed by atoms with Crippen molar-refractivity contribution in [3.05, 3.63) is 24.3 Å². The zero-order valence-corrected chi connectivity index (χ0v) is 18.0. The summed E-state index contributed by atoms with van der Waals surface area (Å²) >= 11 is 0. The number of nitrogen functional groups attached to an aromatic ring is 1. The number of nitrogens with two attached hydrogens (primary N) is 1. The first kappa shape index (κ1) is 19.6. The Morgan fingerprint density at radius 1 is 0.593 bits per heavy atom. The van der Waals surface area contributed by atoms with Crippen LogP contribution in [0.5, 0.6) is 0 Å². The van der Waals surface area contributed by atoms with Gasteiger partial charge in [-0.1, -0.05) is 57.8 Å². The van der Waals surface area contributed by atoms with Crippen molar-refractivity contribution < 1.29 is 0 Å². The van der Waals surface area contributed by atoms with Crippen LogP contribution in [0, 0.1) is 0 Å². The maximum Gasteiger partial charge on any atom is 0.0615 e. The van der Waals surface area contributed by atoms with Gasteiger partial charge in [-0.15, -0.1) is 0 Å². The Morgan fingerprint density at radius 3 is 1.33 bits per heavy atom. The highest BCUT2D eigenvalue weighted by atomic mass is 31.2. The summed E-state index contributed by atoms with van der Waals surface area (Å²) in [5.41, 5.74) is 10.8. The lowest BCUT2D eigenvalue weighted by molar-refractivity contribution is 0.455. The Bertz CT molecular complexity index is 581. The van der Waals surface area contributed by atoms with Crippen LogP contribution in [0.4, 0.5) is 11.4 Å². The molecule has 4 rings (SSSR count). The summed E-state index contributed by atoms with van der Waals surface area (Å²) in [6.45, 7) is 0. The van der Waals surface area contributed by atoms with Gasteiger partial charge in [0.1, 0.15) is 0 Å². The first-order valence-electron chi connectivity index (χ1n) is 11.8. The molecule has 0 saturated heterocycles. The molecule has 3 fully saturated rings. The van der Waals surface area contributed by atoms with Gasteiger partial charge in [0.05, 0.1) is 5.69 Å². The minimum Gasteiger partial charge on any atom is -0.399 e. The lowest BCUT2D eigenvalue weighted by Crippen LogP contribution is -2.31. The maximum absolute atomic E-state index is 5.99. The number of nitrogens with zero attached hydrogens (tertiary/aromatic N) is 1. The van der Waals surface area contributed by atoms with E-state index in [2.05, 4.69) is 24.3 Å². The molecule has 2 N–H and O–H groups in total. The number of anilines is 1. The summed E-state index contributed by atoms with van der Waals surface area (Å²) in [5.74, 6) is 0. The van der Waals surface area contributed by atoms with Crippen molar-refractivity contribution in [2.45, 2.75) is 113 Å². The second-order valence-electron chi connectivity index (χ2n) is 9.36. The molecule has 0 aliphatic heterocycles. The highest BCUT2D eigenvalue weighted by Crippen LogP contribution is 2.71. The second-order valence-corrected chi connectivity index (χ2v) is 13.3. The molecule has 0 spiro atoms. The molecule has 2 nitrogen and oxygen atoms in total. The van der Waals surface area contributed by atoms with E-state index in [0.29, 0.717) is 0 Å². The summed E-state index contributed by atoms with van der Waals surface area (Å²) in [4.78, 5) is 0. The smallest absolute Gasteiger partial charge is 0.0615 e. The van der Waals surface area contributed by atoms with Crippen LogP contribution in [-0.2, 0) is 0 Å². The van der Waals surface area contributed by atoms with Crippen molar-refractivity contribution in [1.29, 1.82) is 0 Å². The van der Waals surface area contributed by atoms with E-state index < -0.39 is 7.05 Å². The molecule has 0 radical (unpaired) electrons. The molecule has 0 heterocycles. The van der Waals surface area contributed by atoms with E-state index in [1.165, 1.54) is 102 Å². The van der Waals surface area contributed by atoms with E-state index >= 15 is 0 Å². The van der Waals surface area contributed by atoms with E-state index in [4.69, 9.17) is 10.5 Å². The van der Waals surface area contributed by atoms with Gasteiger partial charge in [0.2, 0.25) is 0 Å². The Hall–Kier alpha value is -0.750. The summed E-state index contributed by atoms with van der Waals surface area (Å²) in [6.07, 6.45) is 21.8. The van der Waals surface area contributed by atoms with Crippen LogP contribution in [-0.4, -0.2) is 17.0 Å². The summed E-state index contributed by atoms with van der Waals surface area (Å²) in [5, 5.41) is 0. The second kappa shape index (κ2) is 9.17. The maximum atomic E-state index is 5.99. The van der Waals surface area contributed by atoms with Gasteiger partial charge in [-0.3, -0.25) is 4.74 Å². The van der Waals surface area contributed by atoms with E-state index in [9.17, 15) is 0 Å². The van der Waals surface area contributed by atoms with E-state index in [-0.39, 0.29) is 0 Å². The van der Waals surface area contributed by atoms with Gasteiger partial charge in [0.15, 0.2) is 0 Å². The molecule has 3 aliphatic carbocycles. The Kier molecular flexibility index (Phi) is 6.64. The average molecular weight is 387 g/mol. The monoisotopic (exact) mass is 386 g/mol. The number of hydrogen-bond donors (Lipinski definition) is 1. The molecule has 1 aromatic rings. The van der Waals surface area contributed by atoms with Crippen LogP contribution < -0.4 is 5.73 Å². The topological polar surface area (TPSA) is 38.4 Å². The molecular weight excluding hydrogens is 347 g/mol. The number of hydrogen-bond acceptors (Lipinski definition) is 2. The third-order valence-corrected chi connectivity index (χ3v) is 13.3. The Morgan fingerprint density at radius 2 is 0.963 bits per heavy atom. The van der Waals surface area contributed by atoms with Crippen LogP contribution in [0.2, 0.25) is 0 Å². The predicted molar refractivity (Wildman–Crippen MR) is 120 cm³/mol. The molecule has 1 aromatic carbocycles. The fourth-order valence-electron chi connectivity index (χ4n) is 6.36. The molecule has 3 saturated carbocycles. The fourth-order valence-corrected chi connectivity index (χ4v) is 12.8. The molecule has 3 aliphatic rings. The van der Waals surface area contributed by atoms with Crippen molar-refractivity contribution >= 4 is 18.4 Å². The molecule has 150 valence electrons. The van der Waals surface area contributed by atoms with Crippen LogP contribution >= 0.6 is 7.05 Å². The van der Waals surface area contributed by atoms with Crippen LogP contribution in [0.1, 0.15) is 96.3 Å². The minimum atomic E-state index is -1.38. The molecule has 27 heavy (non-hydrogen) atoms. The summed E-state index contributed by atoms with van der Waals surface area (Å²) in [7, 11) is -1.38. The molecule has 0 atom stereocenters. The van der Waals surface area contributed by atoms with Crippen molar-refractivity contribution in [2.24, 2.45) is 4.74 Å². The van der Waals surface area contributed by atoms with Crippen molar-refractivity contribution in [3.8, 4) is 0 Å². The number of benzene rings is 1. The molecule has 3 heteroatoms. The first-order valence-corrected chi connectivity index (χ1v) is 13.7. The van der Waals surface area contributed by atoms with E-state index in [0.717, 1.165) is 22.7 Å². The van der Waals surface area contributed by atoms with Gasteiger partial charge in [0.25, 0.3) is 0 Å². The van der Waals surface area contributed by atoms with Crippen molar-refractivity contribution in [1.82, 2.24) is 0 Å².